The van der Waals surface area contributed by atoms with Gasteiger partial charge in [0, 0.05) is 6.42 Å². The van der Waals surface area contributed by atoms with Crippen LogP contribution in [0.4, 0.5) is 0 Å². The van der Waals surface area contributed by atoms with Gasteiger partial charge in [-0.1, -0.05) is 112 Å². The molecule has 2 N–H and O–H groups in total. The first-order chi connectivity index (χ1) is 13.0. The third-order valence-corrected chi connectivity index (χ3v) is 3.93. The molecule has 11 heteroatoms. The highest BCUT2D eigenvalue weighted by atomic mass is 35.6. The smallest absolute Gasteiger partial charge is 0.265 e. The molecule has 0 aliphatic carbocycles. The van der Waals surface area contributed by atoms with Crippen molar-refractivity contribution in [1.29, 1.82) is 10.8 Å². The first kappa shape index (κ1) is 25.5. The summed E-state index contributed by atoms with van der Waals surface area (Å²) in [6.07, 6.45) is -0.639. The summed E-state index contributed by atoms with van der Waals surface area (Å²) in [5.74, 6) is 4.25. The van der Waals surface area contributed by atoms with Crippen molar-refractivity contribution in [2.75, 3.05) is 13.2 Å². The lowest BCUT2D eigenvalue weighted by Gasteiger charge is -2.20. The maximum absolute atomic E-state index is 7.62. The number of nitrogens with one attached hydrogen (secondary N) is 2. The molecule has 0 aromatic heterocycles. The quantitative estimate of drug-likeness (QED) is 0.163. The molecule has 0 aliphatic heterocycles. The molecule has 1 unspecified atom stereocenters. The third-order valence-electron chi connectivity index (χ3n) is 2.90. The molecule has 0 radical (unpaired) electrons. The van der Waals surface area contributed by atoms with Crippen LogP contribution in [0, 0.1) is 22.7 Å². The Hall–Kier alpha value is -0.580. The molecule has 0 bridgehead atoms. The molecule has 0 heterocycles. The molecule has 0 spiro atoms. The Bertz CT molecular complexity index is 708. The number of halogens is 6. The summed E-state index contributed by atoms with van der Waals surface area (Å²) in [6, 6.07) is 9.68. The van der Waals surface area contributed by atoms with E-state index >= 15 is 0 Å². The number of rotatable bonds is 7. The Balaban J connectivity index is 2.55. The second kappa shape index (κ2) is 12.2. The molecule has 1 atom stereocenters. The molecular formula is C17H16Cl6N2O3. The summed E-state index contributed by atoms with van der Waals surface area (Å²) in [4.78, 5) is 0. The van der Waals surface area contributed by atoms with Crippen molar-refractivity contribution in [2.45, 2.75) is 26.7 Å². The molecule has 0 saturated heterocycles. The Kier molecular flexibility index (Phi) is 11.1. The summed E-state index contributed by atoms with van der Waals surface area (Å²) in [5, 5.41) is 15.1. The van der Waals surface area contributed by atoms with E-state index in [9.17, 15) is 0 Å². The van der Waals surface area contributed by atoms with E-state index < -0.39 is 25.5 Å². The second-order valence-corrected chi connectivity index (χ2v) is 9.74. The Morgan fingerprint density at radius 3 is 2.14 bits per heavy atom. The van der Waals surface area contributed by atoms with Crippen LogP contribution in [-0.4, -0.2) is 38.7 Å². The van der Waals surface area contributed by atoms with Gasteiger partial charge in [-0.15, -0.1) is 0 Å². The lowest BCUT2D eigenvalue weighted by molar-refractivity contribution is 0.126. The predicted molar refractivity (Wildman–Crippen MR) is 115 cm³/mol. The van der Waals surface area contributed by atoms with Crippen LogP contribution in [0.15, 0.2) is 30.3 Å². The van der Waals surface area contributed by atoms with E-state index in [-0.39, 0.29) is 6.61 Å². The van der Waals surface area contributed by atoms with Gasteiger partial charge in [0.1, 0.15) is 6.61 Å². The largest absolute Gasteiger partial charge is 0.473 e. The number of alkyl halides is 6. The fourth-order valence-corrected chi connectivity index (χ4v) is 1.93. The monoisotopic (exact) mass is 506 g/mol. The topological polar surface area (TPSA) is 75.4 Å². The molecule has 154 valence electrons. The first-order valence-electron chi connectivity index (χ1n) is 7.71. The number of benzene rings is 1. The maximum atomic E-state index is 7.62. The van der Waals surface area contributed by atoms with E-state index in [2.05, 4.69) is 11.8 Å². The average Bonchev–Trinajstić information content (AvgIpc) is 2.61. The van der Waals surface area contributed by atoms with E-state index in [1.807, 2.05) is 30.3 Å². The Labute approximate surface area is 193 Å². The zero-order valence-corrected chi connectivity index (χ0v) is 18.8. The number of hydrogen-bond acceptors (Lipinski definition) is 5. The molecular weight excluding hydrogens is 493 g/mol. The van der Waals surface area contributed by atoms with Crippen LogP contribution >= 0.6 is 69.6 Å². The first-order valence-corrected chi connectivity index (χ1v) is 9.98. The van der Waals surface area contributed by atoms with E-state index in [4.69, 9.17) is 94.6 Å². The second-order valence-electron chi connectivity index (χ2n) is 5.18. The fourth-order valence-electron chi connectivity index (χ4n) is 1.63. The van der Waals surface area contributed by atoms with Gasteiger partial charge >= 0.3 is 0 Å². The van der Waals surface area contributed by atoms with Crippen molar-refractivity contribution in [3.63, 3.8) is 0 Å². The van der Waals surface area contributed by atoms with Gasteiger partial charge in [0.05, 0.1) is 13.2 Å². The van der Waals surface area contributed by atoms with Gasteiger partial charge in [-0.3, -0.25) is 10.8 Å². The van der Waals surface area contributed by atoms with Gasteiger partial charge in [0.25, 0.3) is 7.59 Å². The van der Waals surface area contributed by atoms with Crippen LogP contribution in [0.3, 0.4) is 0 Å². The minimum absolute atomic E-state index is 0.312. The van der Waals surface area contributed by atoms with E-state index in [0.717, 1.165) is 5.56 Å². The molecule has 0 fully saturated rings. The van der Waals surface area contributed by atoms with Crippen LogP contribution < -0.4 is 0 Å². The molecule has 28 heavy (non-hydrogen) atoms. The molecule has 5 nitrogen and oxygen atoms in total. The summed E-state index contributed by atoms with van der Waals surface area (Å²) in [5.41, 5.74) is 1.05. The van der Waals surface area contributed by atoms with Crippen LogP contribution in [0.25, 0.3) is 0 Å². The van der Waals surface area contributed by atoms with Gasteiger partial charge < -0.3 is 14.2 Å². The molecule has 0 saturated carbocycles. The lowest BCUT2D eigenvalue weighted by atomic mass is 10.2. The SMILES string of the molecule is N=C(OCC(C#CCCOCc1ccccc1)OC(=N)C(Cl)(Cl)Cl)C(Cl)(Cl)Cl. The fraction of sp³-hybridized carbons (Fsp3) is 0.412. The average molecular weight is 509 g/mol. The molecule has 1 rings (SSSR count). The predicted octanol–water partition coefficient (Wildman–Crippen LogP) is 5.69. The summed E-state index contributed by atoms with van der Waals surface area (Å²) in [6.45, 7) is 0.527. The lowest BCUT2D eigenvalue weighted by Crippen LogP contribution is -2.32. The number of hydrogen-bond donors (Lipinski definition) is 2. The van der Waals surface area contributed by atoms with Crippen LogP contribution in [0.1, 0.15) is 12.0 Å². The van der Waals surface area contributed by atoms with Crippen LogP contribution in [-0.2, 0) is 20.8 Å². The zero-order chi connectivity index (χ0) is 21.2. The van der Waals surface area contributed by atoms with Gasteiger partial charge in [0.15, 0.2) is 6.10 Å². The molecule has 1 aromatic carbocycles. The highest BCUT2D eigenvalue weighted by molar-refractivity contribution is 6.76. The van der Waals surface area contributed by atoms with Gasteiger partial charge in [0.2, 0.25) is 11.8 Å². The van der Waals surface area contributed by atoms with Crippen molar-refractivity contribution in [2.24, 2.45) is 0 Å². The zero-order valence-electron chi connectivity index (χ0n) is 14.3. The Morgan fingerprint density at radius 1 is 0.964 bits per heavy atom. The van der Waals surface area contributed by atoms with Gasteiger partial charge in [-0.05, 0) is 5.56 Å². The maximum Gasteiger partial charge on any atom is 0.265 e. The van der Waals surface area contributed by atoms with Crippen molar-refractivity contribution in [3.05, 3.63) is 35.9 Å². The van der Waals surface area contributed by atoms with Gasteiger partial charge in [-0.25, -0.2) is 0 Å². The molecule has 0 amide bonds. The minimum atomic E-state index is -2.07. The highest BCUT2D eigenvalue weighted by Gasteiger charge is 2.32. The summed E-state index contributed by atoms with van der Waals surface area (Å²) >= 11 is 33.4. The van der Waals surface area contributed by atoms with Crippen molar-refractivity contribution >= 4 is 81.4 Å². The highest BCUT2D eigenvalue weighted by Crippen LogP contribution is 2.29. The molecule has 0 aliphatic rings. The standard InChI is InChI=1S/C17H16Cl6N2O3/c18-16(19,20)14(24)27-11-13(28-15(25)17(21,22)23)8-4-5-9-26-10-12-6-2-1-3-7-12/h1-3,6-7,13,24-25H,5,9-11H2. The van der Waals surface area contributed by atoms with E-state index in [1.165, 1.54) is 0 Å². The van der Waals surface area contributed by atoms with Crippen LogP contribution in [0.5, 0.6) is 0 Å². The summed E-state index contributed by atoms with van der Waals surface area (Å²) < 4.78 is 11.6. The normalized spacial score (nSPS) is 12.5. The third kappa shape index (κ3) is 10.8. The van der Waals surface area contributed by atoms with Gasteiger partial charge in [-0.2, -0.15) is 0 Å². The van der Waals surface area contributed by atoms with E-state index in [0.29, 0.717) is 19.6 Å². The molecule has 1 aromatic rings. The minimum Gasteiger partial charge on any atom is -0.473 e. The van der Waals surface area contributed by atoms with Crippen molar-refractivity contribution in [3.8, 4) is 11.8 Å². The Morgan fingerprint density at radius 2 is 1.57 bits per heavy atom. The number of ether oxygens (including phenoxy) is 3. The van der Waals surface area contributed by atoms with Crippen molar-refractivity contribution < 1.29 is 14.2 Å². The van der Waals surface area contributed by atoms with Crippen molar-refractivity contribution in [1.82, 2.24) is 0 Å². The summed E-state index contributed by atoms with van der Waals surface area (Å²) in [7, 11) is 0. The van der Waals surface area contributed by atoms with E-state index in [1.54, 1.807) is 0 Å². The van der Waals surface area contributed by atoms with Crippen LogP contribution in [0.2, 0.25) is 0 Å².